The number of hydrogen-bond donors (Lipinski definition) is 4. The fourth-order valence-electron chi connectivity index (χ4n) is 13.2. The molecule has 0 radical (unpaired) electrons. The van der Waals surface area contributed by atoms with Crippen molar-refractivity contribution in [3.8, 4) is 17.6 Å². The zero-order valence-electron chi connectivity index (χ0n) is 39.7. The Morgan fingerprint density at radius 2 is 1.41 bits per heavy atom. The Balaban J connectivity index is 1.02. The van der Waals surface area contributed by atoms with E-state index in [4.69, 9.17) is 4.74 Å². The molecule has 5 fully saturated rings. The first kappa shape index (κ1) is 45.7. The SMILES string of the molecule is O=C1O[C@H](c2ccccc2)[C@H](c2ccccc2)N2[C@H]1[C@@H](C(=O)N1CCN(C3NCCC4(CCCCCCCCC4)N3)CC1)[C@]1(C(=O)Nc3ccc(C#CC4=CCCCC4)cc31)[C@H]2c1ccc(O)cc1. The number of phenolic OH excluding ortho intramolecular Hbond substituents is 1. The molecule has 1 saturated carbocycles. The molecule has 7 aliphatic rings. The Morgan fingerprint density at radius 3 is 2.10 bits per heavy atom. The Labute approximate surface area is 407 Å². The smallest absolute Gasteiger partial charge is 0.324 e. The van der Waals surface area contributed by atoms with E-state index in [9.17, 15) is 5.11 Å². The largest absolute Gasteiger partial charge is 0.508 e. The van der Waals surface area contributed by atoms with Crippen molar-refractivity contribution in [2.75, 3.05) is 38.0 Å². The van der Waals surface area contributed by atoms with Crippen LogP contribution < -0.4 is 16.0 Å². The number of aromatic hydroxyl groups is 1. The molecule has 2 spiro atoms. The predicted molar refractivity (Wildman–Crippen MR) is 267 cm³/mol. The van der Waals surface area contributed by atoms with Crippen LogP contribution in [0.2, 0.25) is 0 Å². The van der Waals surface area contributed by atoms with Crippen molar-refractivity contribution in [2.45, 2.75) is 131 Å². The van der Waals surface area contributed by atoms with Crippen LogP contribution in [0.4, 0.5) is 5.69 Å². The number of carbonyl (C=O) groups is 3. The van der Waals surface area contributed by atoms with E-state index in [-0.39, 0.29) is 29.4 Å². The second-order valence-electron chi connectivity index (χ2n) is 20.7. The summed E-state index contributed by atoms with van der Waals surface area (Å²) in [7, 11) is 0. The topological polar surface area (TPSA) is 126 Å². The van der Waals surface area contributed by atoms with Gasteiger partial charge in [0.2, 0.25) is 11.8 Å². The lowest BCUT2D eigenvalue weighted by molar-refractivity contribution is -0.179. The molecular formula is C58H66N6O5. The van der Waals surface area contributed by atoms with Gasteiger partial charge in [0.15, 0.2) is 0 Å². The minimum absolute atomic E-state index is 0.00241. The first-order valence-corrected chi connectivity index (χ1v) is 25.9. The number of piperazine rings is 1. The zero-order chi connectivity index (χ0) is 47.0. The van der Waals surface area contributed by atoms with Crippen LogP contribution in [0.25, 0.3) is 0 Å². The van der Waals surface area contributed by atoms with Gasteiger partial charge >= 0.3 is 5.97 Å². The van der Waals surface area contributed by atoms with Crippen molar-refractivity contribution in [1.29, 1.82) is 0 Å². The molecule has 2 aliphatic carbocycles. The van der Waals surface area contributed by atoms with E-state index in [2.05, 4.69) is 43.7 Å². The average molecular weight is 927 g/mol. The number of carbonyl (C=O) groups excluding carboxylic acids is 3. The number of fused-ring (bicyclic) bond motifs is 3. The van der Waals surface area contributed by atoms with Crippen LogP contribution in [0.1, 0.15) is 136 Å². The molecule has 11 rings (SSSR count). The molecule has 4 aromatic carbocycles. The van der Waals surface area contributed by atoms with Gasteiger partial charge in [-0.2, -0.15) is 0 Å². The maximum Gasteiger partial charge on any atom is 0.324 e. The summed E-state index contributed by atoms with van der Waals surface area (Å²) in [5, 5.41) is 21.9. The Kier molecular flexibility index (Phi) is 12.9. The molecule has 358 valence electrons. The summed E-state index contributed by atoms with van der Waals surface area (Å²) < 4.78 is 6.69. The van der Waals surface area contributed by atoms with Crippen LogP contribution >= 0.6 is 0 Å². The molecule has 11 nitrogen and oxygen atoms in total. The van der Waals surface area contributed by atoms with Gasteiger partial charge in [-0.25, -0.2) is 0 Å². The summed E-state index contributed by atoms with van der Waals surface area (Å²) >= 11 is 0. The third kappa shape index (κ3) is 8.58. The number of morpholine rings is 1. The molecule has 1 unspecified atom stereocenters. The van der Waals surface area contributed by atoms with E-state index in [0.29, 0.717) is 43.0 Å². The van der Waals surface area contributed by atoms with Crippen molar-refractivity contribution in [1.82, 2.24) is 25.3 Å². The molecule has 0 aromatic heterocycles. The maximum absolute atomic E-state index is 16.2. The second-order valence-corrected chi connectivity index (χ2v) is 20.7. The molecule has 4 aromatic rings. The van der Waals surface area contributed by atoms with Crippen molar-refractivity contribution in [2.24, 2.45) is 5.92 Å². The van der Waals surface area contributed by atoms with Crippen molar-refractivity contribution >= 4 is 23.5 Å². The number of amides is 2. The van der Waals surface area contributed by atoms with Gasteiger partial charge in [-0.15, -0.1) is 0 Å². The third-order valence-corrected chi connectivity index (χ3v) is 16.6. The minimum Gasteiger partial charge on any atom is -0.508 e. The highest BCUT2D eigenvalue weighted by atomic mass is 16.6. The number of anilines is 1. The molecule has 2 amide bonds. The van der Waals surface area contributed by atoms with E-state index < -0.39 is 41.5 Å². The molecule has 4 N–H and O–H groups in total. The molecule has 0 bridgehead atoms. The van der Waals surface area contributed by atoms with E-state index >= 15 is 14.4 Å². The Morgan fingerprint density at radius 1 is 0.710 bits per heavy atom. The van der Waals surface area contributed by atoms with Crippen molar-refractivity contribution in [3.63, 3.8) is 0 Å². The first-order chi connectivity index (χ1) is 33.8. The van der Waals surface area contributed by atoms with Gasteiger partial charge in [-0.3, -0.25) is 34.8 Å². The summed E-state index contributed by atoms with van der Waals surface area (Å²) in [6, 6.07) is 29.9. The Hall–Kier alpha value is -5.77. The number of hydrogen-bond acceptors (Lipinski definition) is 9. The fraction of sp³-hybridized carbons (Fsp3) is 0.466. The summed E-state index contributed by atoms with van der Waals surface area (Å²) in [6.45, 7) is 3.09. The van der Waals surface area contributed by atoms with Gasteiger partial charge in [0, 0.05) is 43.0 Å². The number of nitrogens with one attached hydrogen (secondary N) is 3. The highest BCUT2D eigenvalue weighted by molar-refractivity contribution is 6.12. The first-order valence-electron chi connectivity index (χ1n) is 25.9. The highest BCUT2D eigenvalue weighted by Crippen LogP contribution is 2.65. The number of ether oxygens (including phenoxy) is 1. The monoisotopic (exact) mass is 927 g/mol. The molecule has 5 aliphatic heterocycles. The van der Waals surface area contributed by atoms with Crippen LogP contribution in [-0.4, -0.2) is 88.2 Å². The van der Waals surface area contributed by atoms with Crippen LogP contribution in [0.3, 0.4) is 0 Å². The van der Waals surface area contributed by atoms with Crippen LogP contribution in [0.15, 0.2) is 115 Å². The number of cyclic esters (lactones) is 1. The molecule has 7 atom stereocenters. The third-order valence-electron chi connectivity index (χ3n) is 16.6. The number of allylic oxidation sites excluding steroid dienone is 2. The van der Waals surface area contributed by atoms with Gasteiger partial charge in [0.25, 0.3) is 0 Å². The number of rotatable bonds is 5. The zero-order valence-corrected chi connectivity index (χ0v) is 39.7. The number of esters is 1. The lowest BCUT2D eigenvalue weighted by atomic mass is 9.65. The summed E-state index contributed by atoms with van der Waals surface area (Å²) in [5.41, 5.74) is 3.99. The van der Waals surface area contributed by atoms with Gasteiger partial charge in [0.05, 0.1) is 18.0 Å². The van der Waals surface area contributed by atoms with Crippen molar-refractivity contribution < 1.29 is 24.2 Å². The molecular weight excluding hydrogens is 861 g/mol. The summed E-state index contributed by atoms with van der Waals surface area (Å²) in [6.07, 6.45) is 18.2. The minimum atomic E-state index is -1.61. The average Bonchev–Trinajstić information content (AvgIpc) is 3.87. The molecule has 5 heterocycles. The van der Waals surface area contributed by atoms with Crippen LogP contribution in [-0.2, 0) is 24.5 Å². The second kappa shape index (κ2) is 19.6. The van der Waals surface area contributed by atoms with Gasteiger partial charge in [-0.05, 0) is 110 Å². The number of benzene rings is 4. The number of phenols is 1. The fourth-order valence-corrected chi connectivity index (χ4v) is 13.2. The van der Waals surface area contributed by atoms with Crippen LogP contribution in [0, 0.1) is 17.8 Å². The van der Waals surface area contributed by atoms with Crippen LogP contribution in [0.5, 0.6) is 5.75 Å². The van der Waals surface area contributed by atoms with Gasteiger partial charge in [-0.1, -0.05) is 136 Å². The van der Waals surface area contributed by atoms with E-state index in [1.807, 2.05) is 95.9 Å². The van der Waals surface area contributed by atoms with E-state index in [1.165, 1.54) is 57.8 Å². The predicted octanol–water partition coefficient (Wildman–Crippen LogP) is 8.79. The Bertz CT molecular complexity index is 2610. The normalized spacial score (nSPS) is 29.5. The number of nitrogens with zero attached hydrogens (tertiary/aromatic N) is 3. The van der Waals surface area contributed by atoms with E-state index in [1.54, 1.807) is 12.1 Å². The highest BCUT2D eigenvalue weighted by Gasteiger charge is 2.74. The lowest BCUT2D eigenvalue weighted by Gasteiger charge is -2.49. The van der Waals surface area contributed by atoms with Crippen molar-refractivity contribution in [3.05, 3.63) is 143 Å². The van der Waals surface area contributed by atoms with Gasteiger partial charge in [0.1, 0.15) is 29.6 Å². The maximum atomic E-state index is 16.2. The molecule has 11 heteroatoms. The molecule has 69 heavy (non-hydrogen) atoms. The molecule has 4 saturated heterocycles. The van der Waals surface area contributed by atoms with E-state index in [0.717, 1.165) is 60.9 Å². The summed E-state index contributed by atoms with van der Waals surface area (Å²) in [4.78, 5) is 53.9. The van der Waals surface area contributed by atoms with Gasteiger partial charge < -0.3 is 20.1 Å². The standard InChI is InChI=1S/C58H66N6O5/c65-45-28-26-44(27-29-45)52-58(46-39-41(25-30-47(46)60-55(58)68)24-23-40-17-9-6-10-18-40)48(50-54(67)69-51(43-21-13-8-14-22-43)49(64(50)52)42-19-11-7-12-20-42)53(66)62-35-37-63(38-36-62)56-59-34-33-57(61-56)31-15-4-2-1-3-5-16-32-57/h7-8,11-14,17,19-22,25-30,39,48-52,56,59,61,65H,1-6,9-10,15-16,18,31-38H2,(H,60,68)/t48-,49-,50-,51+,52+,56?,58-/m0/s1. The summed E-state index contributed by atoms with van der Waals surface area (Å²) in [5.74, 6) is 4.63. The lowest BCUT2D eigenvalue weighted by Crippen LogP contribution is -2.69. The quantitative estimate of drug-likeness (QED) is 0.115.